The van der Waals surface area contributed by atoms with Crippen molar-refractivity contribution in [2.24, 2.45) is 5.73 Å². The summed E-state index contributed by atoms with van der Waals surface area (Å²) < 4.78 is 0. The topological polar surface area (TPSA) is 46.3 Å². The van der Waals surface area contributed by atoms with Crippen LogP contribution in [0.25, 0.3) is 0 Å². The number of β-lactam (4-membered cyclic amide) rings is 1. The number of carbonyl (C=O) groups excluding carboxylic acids is 1. The lowest BCUT2D eigenvalue weighted by atomic mass is 9.88. The molecule has 2 unspecified atom stereocenters. The first-order valence-corrected chi connectivity index (χ1v) is 7.35. The van der Waals surface area contributed by atoms with E-state index in [0.29, 0.717) is 15.7 Å². The molecule has 0 bridgehead atoms. The van der Waals surface area contributed by atoms with Crippen LogP contribution in [-0.2, 0) is 4.79 Å². The van der Waals surface area contributed by atoms with Crippen LogP contribution in [0.3, 0.4) is 0 Å². The van der Waals surface area contributed by atoms with Crippen molar-refractivity contribution in [2.75, 3.05) is 4.90 Å². The lowest BCUT2D eigenvalue weighted by Crippen LogP contribution is -2.63. The molecular formula is C16H14Cl2N2O. The summed E-state index contributed by atoms with van der Waals surface area (Å²) in [6.45, 7) is 2.02. The van der Waals surface area contributed by atoms with Gasteiger partial charge in [0.1, 0.15) is 6.04 Å². The number of hydrogen-bond acceptors (Lipinski definition) is 2. The van der Waals surface area contributed by atoms with Gasteiger partial charge in [0.05, 0.1) is 16.1 Å². The molecule has 1 fully saturated rings. The molecule has 2 aromatic rings. The third-order valence-electron chi connectivity index (χ3n) is 3.74. The maximum absolute atomic E-state index is 12.1. The van der Waals surface area contributed by atoms with E-state index in [1.807, 2.05) is 31.2 Å². The average molecular weight is 321 g/mol. The summed E-state index contributed by atoms with van der Waals surface area (Å²) in [5.74, 6) is -0.112. The Morgan fingerprint density at radius 2 is 1.71 bits per heavy atom. The van der Waals surface area contributed by atoms with Gasteiger partial charge in [-0.3, -0.25) is 4.79 Å². The minimum absolute atomic E-state index is 0.112. The van der Waals surface area contributed by atoms with Crippen LogP contribution in [0.15, 0.2) is 42.5 Å². The van der Waals surface area contributed by atoms with Gasteiger partial charge in [-0.15, -0.1) is 0 Å². The van der Waals surface area contributed by atoms with Gasteiger partial charge in [0, 0.05) is 5.69 Å². The standard InChI is InChI=1S/C16H14Cl2N2O/c1-9-2-4-10(5-3-9)15-14(19)16(21)20(15)11-6-7-12(17)13(18)8-11/h2-8,14-15H,19H2,1H3. The number of nitrogens with zero attached hydrogens (tertiary/aromatic N) is 1. The van der Waals surface area contributed by atoms with Crippen LogP contribution in [0.1, 0.15) is 17.2 Å². The average Bonchev–Trinajstić information content (AvgIpc) is 2.48. The number of aryl methyl sites for hydroxylation is 1. The zero-order valence-corrected chi connectivity index (χ0v) is 12.9. The quantitative estimate of drug-likeness (QED) is 0.857. The highest BCUT2D eigenvalue weighted by Gasteiger charge is 2.46. The van der Waals surface area contributed by atoms with E-state index in [2.05, 4.69) is 0 Å². The van der Waals surface area contributed by atoms with Crippen molar-refractivity contribution in [2.45, 2.75) is 19.0 Å². The van der Waals surface area contributed by atoms with Gasteiger partial charge in [0.2, 0.25) is 5.91 Å². The highest BCUT2D eigenvalue weighted by atomic mass is 35.5. The van der Waals surface area contributed by atoms with E-state index in [1.165, 1.54) is 5.56 Å². The number of benzene rings is 2. The normalized spacial score (nSPS) is 21.3. The second-order valence-corrected chi connectivity index (χ2v) is 6.00. The molecule has 2 N–H and O–H groups in total. The highest BCUT2D eigenvalue weighted by molar-refractivity contribution is 6.42. The van der Waals surface area contributed by atoms with Gasteiger partial charge >= 0.3 is 0 Å². The lowest BCUT2D eigenvalue weighted by molar-refractivity contribution is -0.126. The predicted molar refractivity (Wildman–Crippen MR) is 85.8 cm³/mol. The fraction of sp³-hybridized carbons (Fsp3) is 0.188. The number of halogens is 2. The van der Waals surface area contributed by atoms with Crippen molar-refractivity contribution in [3.8, 4) is 0 Å². The molecule has 3 rings (SSSR count). The first-order chi connectivity index (χ1) is 9.99. The molecule has 2 atom stereocenters. The fourth-order valence-electron chi connectivity index (χ4n) is 2.55. The lowest BCUT2D eigenvalue weighted by Gasteiger charge is -2.45. The number of nitrogens with two attached hydrogens (primary N) is 1. The van der Waals surface area contributed by atoms with Gasteiger partial charge in [-0.25, -0.2) is 0 Å². The molecule has 0 radical (unpaired) electrons. The van der Waals surface area contributed by atoms with Crippen molar-refractivity contribution in [3.63, 3.8) is 0 Å². The summed E-state index contributed by atoms with van der Waals surface area (Å²) in [5.41, 5.74) is 8.87. The Hall–Kier alpha value is -1.55. The van der Waals surface area contributed by atoms with Gasteiger partial charge in [-0.1, -0.05) is 53.0 Å². The molecule has 0 spiro atoms. The van der Waals surface area contributed by atoms with Crippen molar-refractivity contribution >= 4 is 34.8 Å². The molecule has 3 nitrogen and oxygen atoms in total. The van der Waals surface area contributed by atoms with E-state index in [9.17, 15) is 4.79 Å². The van der Waals surface area contributed by atoms with E-state index < -0.39 is 6.04 Å². The molecule has 108 valence electrons. The smallest absolute Gasteiger partial charge is 0.247 e. The van der Waals surface area contributed by atoms with Gasteiger partial charge in [0.25, 0.3) is 0 Å². The molecule has 0 aliphatic carbocycles. The molecule has 0 aromatic heterocycles. The molecule has 1 amide bonds. The van der Waals surface area contributed by atoms with Gasteiger partial charge in [-0.05, 0) is 30.7 Å². The minimum Gasteiger partial charge on any atom is -0.318 e. The zero-order chi connectivity index (χ0) is 15.1. The van der Waals surface area contributed by atoms with Crippen molar-refractivity contribution < 1.29 is 4.79 Å². The maximum atomic E-state index is 12.1. The molecule has 1 heterocycles. The summed E-state index contributed by atoms with van der Waals surface area (Å²) in [7, 11) is 0. The van der Waals surface area contributed by atoms with Crippen LogP contribution >= 0.6 is 23.2 Å². The van der Waals surface area contributed by atoms with Crippen molar-refractivity contribution in [1.29, 1.82) is 0 Å². The third-order valence-corrected chi connectivity index (χ3v) is 4.48. The number of hydrogen-bond donors (Lipinski definition) is 1. The largest absolute Gasteiger partial charge is 0.318 e. The SMILES string of the molecule is Cc1ccc(C2C(N)C(=O)N2c2ccc(Cl)c(Cl)c2)cc1. The van der Waals surface area contributed by atoms with Crippen LogP contribution in [-0.4, -0.2) is 11.9 Å². The van der Waals surface area contributed by atoms with Crippen LogP contribution in [0.4, 0.5) is 5.69 Å². The number of anilines is 1. The molecule has 21 heavy (non-hydrogen) atoms. The van der Waals surface area contributed by atoms with Crippen molar-refractivity contribution in [1.82, 2.24) is 0 Å². The second-order valence-electron chi connectivity index (χ2n) is 5.19. The Bertz CT molecular complexity index is 700. The summed E-state index contributed by atoms with van der Waals surface area (Å²) in [6, 6.07) is 12.5. The van der Waals surface area contributed by atoms with Gasteiger partial charge < -0.3 is 10.6 Å². The van der Waals surface area contributed by atoms with E-state index in [-0.39, 0.29) is 11.9 Å². The van der Waals surface area contributed by atoms with E-state index in [4.69, 9.17) is 28.9 Å². The summed E-state index contributed by atoms with van der Waals surface area (Å²) in [4.78, 5) is 13.8. The number of carbonyl (C=O) groups is 1. The Morgan fingerprint density at radius 1 is 1.05 bits per heavy atom. The molecule has 0 saturated carbocycles. The molecule has 5 heteroatoms. The third kappa shape index (κ3) is 2.42. The first kappa shape index (κ1) is 14.4. The number of rotatable bonds is 2. The second kappa shape index (κ2) is 5.34. The summed E-state index contributed by atoms with van der Waals surface area (Å²) in [6.07, 6.45) is 0. The summed E-state index contributed by atoms with van der Waals surface area (Å²) in [5, 5.41) is 0.884. The van der Waals surface area contributed by atoms with Crippen LogP contribution in [0, 0.1) is 6.92 Å². The monoisotopic (exact) mass is 320 g/mol. The zero-order valence-electron chi connectivity index (χ0n) is 11.4. The maximum Gasteiger partial charge on any atom is 0.247 e. The fourth-order valence-corrected chi connectivity index (χ4v) is 2.85. The van der Waals surface area contributed by atoms with E-state index in [0.717, 1.165) is 5.56 Å². The number of amides is 1. The van der Waals surface area contributed by atoms with Crippen LogP contribution in [0.2, 0.25) is 10.0 Å². The predicted octanol–water partition coefficient (Wildman–Crippen LogP) is 3.72. The molecule has 2 aromatic carbocycles. The Kier molecular flexibility index (Phi) is 3.66. The molecule has 1 aliphatic heterocycles. The van der Waals surface area contributed by atoms with E-state index in [1.54, 1.807) is 23.1 Å². The van der Waals surface area contributed by atoms with Crippen LogP contribution < -0.4 is 10.6 Å². The van der Waals surface area contributed by atoms with Crippen LogP contribution in [0.5, 0.6) is 0 Å². The molecule has 1 saturated heterocycles. The Balaban J connectivity index is 1.98. The molecule has 1 aliphatic rings. The van der Waals surface area contributed by atoms with Gasteiger partial charge in [-0.2, -0.15) is 0 Å². The summed E-state index contributed by atoms with van der Waals surface area (Å²) >= 11 is 12.0. The Labute approximate surface area is 133 Å². The van der Waals surface area contributed by atoms with E-state index >= 15 is 0 Å². The Morgan fingerprint density at radius 3 is 2.33 bits per heavy atom. The van der Waals surface area contributed by atoms with Gasteiger partial charge in [0.15, 0.2) is 0 Å². The molecular weight excluding hydrogens is 307 g/mol. The first-order valence-electron chi connectivity index (χ1n) is 6.59. The van der Waals surface area contributed by atoms with Crippen molar-refractivity contribution in [3.05, 3.63) is 63.6 Å². The highest BCUT2D eigenvalue weighted by Crippen LogP contribution is 2.40. The minimum atomic E-state index is -0.526.